The normalized spacial score (nSPS) is 13.6. The summed E-state index contributed by atoms with van der Waals surface area (Å²) in [5, 5.41) is 2.67. The number of methoxy groups -OCH3 is 1. The molecule has 1 fully saturated rings. The molecule has 7 nitrogen and oxygen atoms in total. The molecular formula is C26H25FIN3O4. The summed E-state index contributed by atoms with van der Waals surface area (Å²) in [7, 11) is 1.54. The fourth-order valence-corrected chi connectivity index (χ4v) is 4.32. The highest BCUT2D eigenvalue weighted by Crippen LogP contribution is 2.34. The summed E-state index contributed by atoms with van der Waals surface area (Å²) in [6, 6.07) is 17.4. The topological polar surface area (TPSA) is 72.4 Å². The Kier molecular flexibility index (Phi) is 8.54. The molecule has 4 rings (SSSR count). The summed E-state index contributed by atoms with van der Waals surface area (Å²) >= 11 is 2.14. The van der Waals surface area contributed by atoms with Crippen molar-refractivity contribution in [1.82, 2.24) is 0 Å². The third-order valence-corrected chi connectivity index (χ3v) is 6.12. The van der Waals surface area contributed by atoms with Gasteiger partial charge in [-0.15, -0.1) is 0 Å². The Balaban J connectivity index is 1.39. The lowest BCUT2D eigenvalue weighted by Gasteiger charge is -2.28. The van der Waals surface area contributed by atoms with Crippen LogP contribution in [0.15, 0.2) is 65.7 Å². The van der Waals surface area contributed by atoms with E-state index in [0.29, 0.717) is 17.2 Å². The van der Waals surface area contributed by atoms with Crippen LogP contribution in [0.4, 0.5) is 21.5 Å². The van der Waals surface area contributed by atoms with Crippen molar-refractivity contribution in [3.63, 3.8) is 0 Å². The molecule has 0 spiro atoms. The molecule has 1 N–H and O–H groups in total. The lowest BCUT2D eigenvalue weighted by atomic mass is 10.2. The molecular weight excluding hydrogens is 564 g/mol. The average molecular weight is 589 g/mol. The van der Waals surface area contributed by atoms with E-state index in [1.54, 1.807) is 19.4 Å². The van der Waals surface area contributed by atoms with Crippen LogP contribution in [0, 0.1) is 9.39 Å². The zero-order chi connectivity index (χ0) is 24.6. The number of carbonyl (C=O) groups excluding carboxylic acids is 1. The van der Waals surface area contributed by atoms with Crippen LogP contribution < -0.4 is 19.7 Å². The van der Waals surface area contributed by atoms with Gasteiger partial charge in [0.1, 0.15) is 5.82 Å². The number of morpholine rings is 1. The first-order valence-corrected chi connectivity index (χ1v) is 12.1. The SMILES string of the molecule is COc1cc(C=Nc2ccc(N3CCOCC3)cc2)cc(I)c1OCC(=O)Nc1ccc(F)cc1. The molecule has 1 aliphatic rings. The number of nitrogens with zero attached hydrogens (tertiary/aromatic N) is 2. The molecule has 3 aromatic carbocycles. The second-order valence-corrected chi connectivity index (χ2v) is 8.91. The van der Waals surface area contributed by atoms with Crippen LogP contribution in [-0.2, 0) is 9.53 Å². The molecule has 0 radical (unpaired) electrons. The molecule has 0 atom stereocenters. The molecule has 0 aromatic heterocycles. The van der Waals surface area contributed by atoms with Crippen molar-refractivity contribution in [2.75, 3.05) is 50.2 Å². The van der Waals surface area contributed by atoms with Crippen molar-refractivity contribution < 1.29 is 23.4 Å². The second kappa shape index (κ2) is 12.0. The summed E-state index contributed by atoms with van der Waals surface area (Å²) in [5.41, 5.74) is 3.33. The van der Waals surface area contributed by atoms with Crippen molar-refractivity contribution in [2.24, 2.45) is 4.99 Å². The smallest absolute Gasteiger partial charge is 0.262 e. The Bertz CT molecular complexity index is 1180. The largest absolute Gasteiger partial charge is 0.493 e. The van der Waals surface area contributed by atoms with E-state index in [2.05, 4.69) is 49.9 Å². The van der Waals surface area contributed by atoms with Crippen LogP contribution in [0.2, 0.25) is 0 Å². The molecule has 182 valence electrons. The number of benzene rings is 3. The van der Waals surface area contributed by atoms with Gasteiger partial charge in [-0.25, -0.2) is 4.39 Å². The fourth-order valence-electron chi connectivity index (χ4n) is 3.54. The Morgan fingerprint density at radius 2 is 1.86 bits per heavy atom. The first-order valence-electron chi connectivity index (χ1n) is 11.0. The highest BCUT2D eigenvalue weighted by molar-refractivity contribution is 14.1. The highest BCUT2D eigenvalue weighted by atomic mass is 127. The van der Waals surface area contributed by atoms with E-state index < -0.39 is 0 Å². The molecule has 0 unspecified atom stereocenters. The number of aliphatic imine (C=N–C) groups is 1. The van der Waals surface area contributed by atoms with E-state index in [1.807, 2.05) is 18.2 Å². The quantitative estimate of drug-likeness (QED) is 0.295. The molecule has 1 heterocycles. The molecule has 1 amide bonds. The van der Waals surface area contributed by atoms with Crippen molar-refractivity contribution in [2.45, 2.75) is 0 Å². The molecule has 0 bridgehead atoms. The maximum Gasteiger partial charge on any atom is 0.262 e. The first kappa shape index (κ1) is 24.9. The zero-order valence-corrected chi connectivity index (χ0v) is 21.3. The molecule has 0 aliphatic carbocycles. The molecule has 35 heavy (non-hydrogen) atoms. The van der Waals surface area contributed by atoms with Gasteiger partial charge in [-0.1, -0.05) is 0 Å². The lowest BCUT2D eigenvalue weighted by molar-refractivity contribution is -0.118. The zero-order valence-electron chi connectivity index (χ0n) is 19.2. The summed E-state index contributed by atoms with van der Waals surface area (Å²) in [4.78, 5) is 19.1. The van der Waals surface area contributed by atoms with Crippen LogP contribution in [0.3, 0.4) is 0 Å². The average Bonchev–Trinajstić information content (AvgIpc) is 2.88. The third-order valence-electron chi connectivity index (χ3n) is 5.32. The van der Waals surface area contributed by atoms with Crippen molar-refractivity contribution >= 4 is 51.8 Å². The predicted octanol–water partition coefficient (Wildman–Crippen LogP) is 5.04. The van der Waals surface area contributed by atoms with Crippen LogP contribution in [0.5, 0.6) is 11.5 Å². The van der Waals surface area contributed by atoms with E-state index in [9.17, 15) is 9.18 Å². The van der Waals surface area contributed by atoms with E-state index >= 15 is 0 Å². The van der Waals surface area contributed by atoms with Gasteiger partial charge in [0, 0.05) is 30.7 Å². The number of rotatable bonds is 8. The van der Waals surface area contributed by atoms with Gasteiger partial charge in [0.2, 0.25) is 0 Å². The number of carbonyl (C=O) groups is 1. The minimum absolute atomic E-state index is 0.216. The summed E-state index contributed by atoms with van der Waals surface area (Å²) in [5.74, 6) is 0.234. The van der Waals surface area contributed by atoms with E-state index in [-0.39, 0.29) is 18.3 Å². The number of ether oxygens (including phenoxy) is 3. The Hall–Kier alpha value is -3.18. The standard InChI is InChI=1S/C26H25FIN3O4/c1-33-24-15-18(16-29-20-6-8-22(9-7-20)31-10-12-34-13-11-31)14-23(28)26(24)35-17-25(32)30-21-4-2-19(27)3-5-21/h2-9,14-16H,10-13,17H2,1H3,(H,30,32). The maximum atomic E-state index is 13.0. The second-order valence-electron chi connectivity index (χ2n) is 7.75. The van der Waals surface area contributed by atoms with Gasteiger partial charge in [-0.2, -0.15) is 0 Å². The van der Waals surface area contributed by atoms with E-state index in [4.69, 9.17) is 14.2 Å². The Morgan fingerprint density at radius 1 is 1.14 bits per heavy atom. The number of hydrogen-bond donors (Lipinski definition) is 1. The first-order chi connectivity index (χ1) is 17.0. The minimum Gasteiger partial charge on any atom is -0.493 e. The van der Waals surface area contributed by atoms with Gasteiger partial charge in [-0.3, -0.25) is 9.79 Å². The van der Waals surface area contributed by atoms with Crippen LogP contribution in [-0.4, -0.2) is 52.1 Å². The molecule has 0 saturated carbocycles. The van der Waals surface area contributed by atoms with Crippen molar-refractivity contribution in [3.05, 3.63) is 75.6 Å². The van der Waals surface area contributed by atoms with Crippen LogP contribution in [0.25, 0.3) is 0 Å². The summed E-state index contributed by atoms with van der Waals surface area (Å²) in [6.45, 7) is 3.07. The highest BCUT2D eigenvalue weighted by Gasteiger charge is 2.14. The van der Waals surface area contributed by atoms with Crippen LogP contribution >= 0.6 is 22.6 Å². The van der Waals surface area contributed by atoms with Crippen molar-refractivity contribution in [3.8, 4) is 11.5 Å². The van der Waals surface area contributed by atoms with Gasteiger partial charge in [0.05, 0.1) is 29.6 Å². The molecule has 1 saturated heterocycles. The van der Waals surface area contributed by atoms with Crippen molar-refractivity contribution in [1.29, 1.82) is 0 Å². The monoisotopic (exact) mass is 589 g/mol. The van der Waals surface area contributed by atoms with Crippen LogP contribution in [0.1, 0.15) is 5.56 Å². The number of hydrogen-bond acceptors (Lipinski definition) is 6. The van der Waals surface area contributed by atoms with Gasteiger partial charge >= 0.3 is 0 Å². The fraction of sp³-hybridized carbons (Fsp3) is 0.231. The summed E-state index contributed by atoms with van der Waals surface area (Å²) < 4.78 is 30.4. The third kappa shape index (κ3) is 6.92. The maximum absolute atomic E-state index is 13.0. The molecule has 1 aliphatic heterocycles. The van der Waals surface area contributed by atoms with E-state index in [1.165, 1.54) is 24.3 Å². The number of halogens is 2. The number of anilines is 2. The predicted molar refractivity (Wildman–Crippen MR) is 143 cm³/mol. The summed E-state index contributed by atoms with van der Waals surface area (Å²) in [6.07, 6.45) is 1.76. The number of amides is 1. The number of nitrogens with one attached hydrogen (secondary N) is 1. The molecule has 9 heteroatoms. The van der Waals surface area contributed by atoms with E-state index in [0.717, 1.165) is 46.8 Å². The Labute approximate surface area is 217 Å². The van der Waals surface area contributed by atoms with Gasteiger partial charge in [0.15, 0.2) is 18.1 Å². The van der Waals surface area contributed by atoms with Gasteiger partial charge in [0.25, 0.3) is 5.91 Å². The Morgan fingerprint density at radius 3 is 2.54 bits per heavy atom. The lowest BCUT2D eigenvalue weighted by Crippen LogP contribution is -2.36. The van der Waals surface area contributed by atoms with Gasteiger partial charge < -0.3 is 24.4 Å². The van der Waals surface area contributed by atoms with Gasteiger partial charge in [-0.05, 0) is 88.8 Å². The minimum atomic E-state index is -0.368. The molecule has 3 aromatic rings.